The third kappa shape index (κ3) is 2.59. The van der Waals surface area contributed by atoms with E-state index in [0.717, 1.165) is 6.41 Å². The third-order valence-corrected chi connectivity index (χ3v) is 2.46. The first-order chi connectivity index (χ1) is 6.56. The van der Waals surface area contributed by atoms with E-state index >= 15 is 0 Å². The van der Waals surface area contributed by atoms with Crippen LogP contribution in [0, 0.1) is 6.92 Å². The lowest BCUT2D eigenvalue weighted by molar-refractivity contribution is -0.109. The van der Waals surface area contributed by atoms with Gasteiger partial charge < -0.3 is 5.32 Å². The molecule has 1 aromatic carbocycles. The Morgan fingerprint density at radius 1 is 1.29 bits per heavy atom. The van der Waals surface area contributed by atoms with Crippen LogP contribution in [0.15, 0.2) is 24.3 Å². The van der Waals surface area contributed by atoms with Gasteiger partial charge in [0, 0.05) is 12.0 Å². The van der Waals surface area contributed by atoms with Crippen molar-refractivity contribution in [3.8, 4) is 0 Å². The molecule has 0 aliphatic rings. The van der Waals surface area contributed by atoms with Crippen molar-refractivity contribution >= 4 is 6.41 Å². The number of rotatable bonds is 4. The van der Waals surface area contributed by atoms with Gasteiger partial charge in [0.2, 0.25) is 6.41 Å². The van der Waals surface area contributed by atoms with E-state index in [-0.39, 0.29) is 5.41 Å². The van der Waals surface area contributed by atoms with Crippen molar-refractivity contribution in [3.63, 3.8) is 0 Å². The van der Waals surface area contributed by atoms with E-state index in [9.17, 15) is 4.79 Å². The molecule has 1 rings (SSSR count). The van der Waals surface area contributed by atoms with Crippen molar-refractivity contribution in [1.29, 1.82) is 0 Å². The van der Waals surface area contributed by atoms with Gasteiger partial charge in [-0.2, -0.15) is 0 Å². The van der Waals surface area contributed by atoms with Crippen LogP contribution in [0.2, 0.25) is 0 Å². The van der Waals surface area contributed by atoms with Crippen LogP contribution in [-0.2, 0) is 10.2 Å². The summed E-state index contributed by atoms with van der Waals surface area (Å²) in [5, 5.41) is 2.72. The summed E-state index contributed by atoms with van der Waals surface area (Å²) < 4.78 is 0. The van der Waals surface area contributed by atoms with Crippen LogP contribution in [0.1, 0.15) is 25.0 Å². The zero-order valence-corrected chi connectivity index (χ0v) is 9.00. The van der Waals surface area contributed by atoms with Gasteiger partial charge in [-0.15, -0.1) is 0 Å². The second kappa shape index (κ2) is 4.27. The average Bonchev–Trinajstić information content (AvgIpc) is 2.16. The Labute approximate surface area is 85.3 Å². The molecule has 14 heavy (non-hydrogen) atoms. The van der Waals surface area contributed by atoms with Gasteiger partial charge in [-0.3, -0.25) is 4.79 Å². The molecule has 0 unspecified atom stereocenters. The lowest BCUT2D eigenvalue weighted by Gasteiger charge is -2.24. The number of amides is 1. The number of carbonyl (C=O) groups excluding carboxylic acids is 1. The molecule has 0 aliphatic carbocycles. The molecule has 0 spiro atoms. The van der Waals surface area contributed by atoms with Crippen LogP contribution in [0.4, 0.5) is 0 Å². The number of hydrogen-bond acceptors (Lipinski definition) is 1. The van der Waals surface area contributed by atoms with E-state index < -0.39 is 0 Å². The van der Waals surface area contributed by atoms with E-state index in [1.54, 1.807) is 0 Å². The highest BCUT2D eigenvalue weighted by Gasteiger charge is 2.19. The van der Waals surface area contributed by atoms with Gasteiger partial charge in [-0.05, 0) is 12.5 Å². The predicted octanol–water partition coefficient (Wildman–Crippen LogP) is 2.02. The summed E-state index contributed by atoms with van der Waals surface area (Å²) in [4.78, 5) is 10.2. The summed E-state index contributed by atoms with van der Waals surface area (Å²) in [5.74, 6) is 0. The zero-order chi connectivity index (χ0) is 10.6. The molecule has 1 amide bonds. The summed E-state index contributed by atoms with van der Waals surface area (Å²) in [5.41, 5.74) is 2.50. The van der Waals surface area contributed by atoms with Crippen molar-refractivity contribution in [2.75, 3.05) is 6.54 Å². The molecule has 0 radical (unpaired) electrons. The predicted molar refractivity (Wildman–Crippen MR) is 58.3 cm³/mol. The summed E-state index contributed by atoms with van der Waals surface area (Å²) in [7, 11) is 0. The number of nitrogens with one attached hydrogen (secondary N) is 1. The van der Waals surface area contributed by atoms with Crippen molar-refractivity contribution in [1.82, 2.24) is 5.32 Å². The first-order valence-corrected chi connectivity index (χ1v) is 4.80. The molecule has 2 heteroatoms. The van der Waals surface area contributed by atoms with Crippen LogP contribution in [0.5, 0.6) is 0 Å². The van der Waals surface area contributed by atoms with Crippen LogP contribution in [-0.4, -0.2) is 13.0 Å². The second-order valence-electron chi connectivity index (χ2n) is 4.25. The van der Waals surface area contributed by atoms with E-state index in [0.29, 0.717) is 6.54 Å². The first kappa shape index (κ1) is 10.8. The molecule has 0 saturated carbocycles. The molecule has 0 atom stereocenters. The lowest BCUT2D eigenvalue weighted by Crippen LogP contribution is -2.32. The largest absolute Gasteiger partial charge is 0.358 e. The van der Waals surface area contributed by atoms with Gasteiger partial charge in [0.1, 0.15) is 0 Å². The molecule has 76 valence electrons. The smallest absolute Gasteiger partial charge is 0.207 e. The molecule has 2 nitrogen and oxygen atoms in total. The number of hydrogen-bond donors (Lipinski definition) is 1. The fourth-order valence-electron chi connectivity index (χ4n) is 1.40. The van der Waals surface area contributed by atoms with Gasteiger partial charge in [0.15, 0.2) is 0 Å². The topological polar surface area (TPSA) is 29.1 Å². The highest BCUT2D eigenvalue weighted by Crippen LogP contribution is 2.22. The van der Waals surface area contributed by atoms with Crippen molar-refractivity contribution in [2.45, 2.75) is 26.2 Å². The molecule has 0 aliphatic heterocycles. The minimum absolute atomic E-state index is 0.00535. The molecular formula is C12H17NO. The Balaban J connectivity index is 2.80. The molecule has 1 aromatic rings. The van der Waals surface area contributed by atoms with Gasteiger partial charge in [0.25, 0.3) is 0 Å². The van der Waals surface area contributed by atoms with Gasteiger partial charge >= 0.3 is 0 Å². The SMILES string of the molecule is Cc1ccc(C(C)(C)CNC=O)cc1. The molecular weight excluding hydrogens is 174 g/mol. The average molecular weight is 191 g/mol. The van der Waals surface area contributed by atoms with Crippen molar-refractivity contribution in [3.05, 3.63) is 35.4 Å². The minimum atomic E-state index is -0.00535. The summed E-state index contributed by atoms with van der Waals surface area (Å²) in [6.45, 7) is 6.97. The fraction of sp³-hybridized carbons (Fsp3) is 0.417. The number of carbonyl (C=O) groups is 1. The second-order valence-corrected chi connectivity index (χ2v) is 4.25. The lowest BCUT2D eigenvalue weighted by atomic mass is 9.84. The maximum Gasteiger partial charge on any atom is 0.207 e. The standard InChI is InChI=1S/C12H17NO/c1-10-4-6-11(7-5-10)12(2,3)8-13-9-14/h4-7,9H,8H2,1-3H3,(H,13,14). The first-order valence-electron chi connectivity index (χ1n) is 4.80. The zero-order valence-electron chi connectivity index (χ0n) is 9.00. The van der Waals surface area contributed by atoms with Gasteiger partial charge in [-0.1, -0.05) is 43.7 Å². The van der Waals surface area contributed by atoms with E-state index in [2.05, 4.69) is 50.4 Å². The van der Waals surface area contributed by atoms with Crippen LogP contribution < -0.4 is 5.32 Å². The number of benzene rings is 1. The van der Waals surface area contributed by atoms with E-state index in [4.69, 9.17) is 0 Å². The highest BCUT2D eigenvalue weighted by atomic mass is 16.1. The maximum atomic E-state index is 10.2. The Morgan fingerprint density at radius 3 is 2.36 bits per heavy atom. The number of aryl methyl sites for hydroxylation is 1. The van der Waals surface area contributed by atoms with Crippen LogP contribution >= 0.6 is 0 Å². The summed E-state index contributed by atoms with van der Waals surface area (Å²) >= 11 is 0. The van der Waals surface area contributed by atoms with Crippen LogP contribution in [0.25, 0.3) is 0 Å². The molecule has 1 N–H and O–H groups in total. The molecule has 0 saturated heterocycles. The highest BCUT2D eigenvalue weighted by molar-refractivity contribution is 5.46. The quantitative estimate of drug-likeness (QED) is 0.725. The Bertz CT molecular complexity index is 301. The molecule has 0 bridgehead atoms. The van der Waals surface area contributed by atoms with Crippen molar-refractivity contribution < 1.29 is 4.79 Å². The Kier molecular flexibility index (Phi) is 3.28. The maximum absolute atomic E-state index is 10.2. The minimum Gasteiger partial charge on any atom is -0.358 e. The monoisotopic (exact) mass is 191 g/mol. The Hall–Kier alpha value is -1.31. The molecule has 0 fully saturated rings. The molecule has 0 heterocycles. The fourth-order valence-corrected chi connectivity index (χ4v) is 1.40. The van der Waals surface area contributed by atoms with Gasteiger partial charge in [-0.25, -0.2) is 0 Å². The third-order valence-electron chi connectivity index (χ3n) is 2.46. The molecule has 0 aromatic heterocycles. The van der Waals surface area contributed by atoms with Crippen molar-refractivity contribution in [2.24, 2.45) is 0 Å². The van der Waals surface area contributed by atoms with Crippen LogP contribution in [0.3, 0.4) is 0 Å². The Morgan fingerprint density at radius 2 is 1.86 bits per heavy atom. The summed E-state index contributed by atoms with van der Waals surface area (Å²) in [6.07, 6.45) is 0.746. The van der Waals surface area contributed by atoms with Gasteiger partial charge in [0.05, 0.1) is 0 Å². The van der Waals surface area contributed by atoms with E-state index in [1.165, 1.54) is 11.1 Å². The van der Waals surface area contributed by atoms with E-state index in [1.807, 2.05) is 0 Å². The normalized spacial score (nSPS) is 11.1. The summed E-state index contributed by atoms with van der Waals surface area (Å²) in [6, 6.07) is 8.42.